The van der Waals surface area contributed by atoms with Crippen LogP contribution in [0.1, 0.15) is 17.3 Å². The lowest BCUT2D eigenvalue weighted by atomic mass is 10.0. The number of nitrogens with one attached hydrogen (secondary N) is 2. The number of Topliss-reactive ketones (excluding diaryl/α,β-unsaturated/α-hetero) is 1. The molecule has 0 saturated heterocycles. The van der Waals surface area contributed by atoms with Crippen molar-refractivity contribution in [2.24, 2.45) is 0 Å². The number of rotatable bonds is 6. The first kappa shape index (κ1) is 18.1. The lowest BCUT2D eigenvalue weighted by Crippen LogP contribution is -2.24. The molecular weight excluding hydrogens is 336 g/mol. The van der Waals surface area contributed by atoms with E-state index in [1.165, 1.54) is 0 Å². The van der Waals surface area contributed by atoms with Crippen LogP contribution in [0.25, 0.3) is 0 Å². The van der Waals surface area contributed by atoms with E-state index in [0.717, 1.165) is 5.69 Å². The van der Waals surface area contributed by atoms with Gasteiger partial charge in [0.05, 0.1) is 0 Å². The summed E-state index contributed by atoms with van der Waals surface area (Å²) >= 11 is 0. The summed E-state index contributed by atoms with van der Waals surface area (Å²) in [6.45, 7) is 1.73. The molecule has 3 aromatic rings. The van der Waals surface area contributed by atoms with Crippen LogP contribution in [0.15, 0.2) is 102 Å². The molecule has 3 rings (SSSR count). The van der Waals surface area contributed by atoms with Crippen LogP contribution in [-0.2, 0) is 4.79 Å². The number of hydrogen-bond donors (Lipinski definition) is 2. The van der Waals surface area contributed by atoms with Crippen molar-refractivity contribution in [3.63, 3.8) is 0 Å². The minimum Gasteiger partial charge on any atom is -0.358 e. The SMILES string of the molecule is C/C(Nc1ccccc1)=C(/C(=O)Nc1ccccc1)C(=O)c1ccccc1. The van der Waals surface area contributed by atoms with E-state index in [1.54, 1.807) is 43.3 Å². The highest BCUT2D eigenvalue weighted by Crippen LogP contribution is 2.18. The van der Waals surface area contributed by atoms with Gasteiger partial charge < -0.3 is 10.6 Å². The highest BCUT2D eigenvalue weighted by atomic mass is 16.2. The molecule has 3 aromatic carbocycles. The Labute approximate surface area is 158 Å². The largest absolute Gasteiger partial charge is 0.358 e. The fourth-order valence-electron chi connectivity index (χ4n) is 2.69. The molecule has 27 heavy (non-hydrogen) atoms. The van der Waals surface area contributed by atoms with Gasteiger partial charge in [-0.3, -0.25) is 9.59 Å². The predicted octanol–water partition coefficient (Wildman–Crippen LogP) is 4.89. The van der Waals surface area contributed by atoms with Crippen LogP contribution in [0.3, 0.4) is 0 Å². The van der Waals surface area contributed by atoms with Crippen molar-refractivity contribution in [1.29, 1.82) is 0 Å². The van der Waals surface area contributed by atoms with Crippen molar-refractivity contribution in [2.45, 2.75) is 6.92 Å². The summed E-state index contributed by atoms with van der Waals surface area (Å²) in [6.07, 6.45) is 0. The highest BCUT2D eigenvalue weighted by Gasteiger charge is 2.23. The summed E-state index contributed by atoms with van der Waals surface area (Å²) in [4.78, 5) is 26.0. The number of para-hydroxylation sites is 2. The topological polar surface area (TPSA) is 58.2 Å². The standard InChI is InChI=1S/C23H20N2O2/c1-17(24-19-13-7-3-8-14-19)21(22(26)18-11-5-2-6-12-18)23(27)25-20-15-9-4-10-16-20/h2-16,24H,1H3,(H,25,27)/b21-17-. The van der Waals surface area contributed by atoms with Gasteiger partial charge in [0.1, 0.15) is 5.57 Å². The zero-order valence-corrected chi connectivity index (χ0v) is 15.0. The first-order chi connectivity index (χ1) is 13.1. The molecule has 4 nitrogen and oxygen atoms in total. The van der Waals surface area contributed by atoms with E-state index in [-0.39, 0.29) is 11.4 Å². The molecule has 0 radical (unpaired) electrons. The molecule has 2 N–H and O–H groups in total. The summed E-state index contributed by atoms with van der Waals surface area (Å²) in [6, 6.07) is 27.3. The molecule has 0 bridgehead atoms. The van der Waals surface area contributed by atoms with Crippen molar-refractivity contribution in [3.05, 3.63) is 108 Å². The molecule has 0 unspecified atom stereocenters. The van der Waals surface area contributed by atoms with Crippen LogP contribution < -0.4 is 10.6 Å². The summed E-state index contributed by atoms with van der Waals surface area (Å²) in [5.41, 5.74) is 2.47. The van der Waals surface area contributed by atoms with Crippen molar-refractivity contribution in [3.8, 4) is 0 Å². The van der Waals surface area contributed by atoms with E-state index in [0.29, 0.717) is 16.9 Å². The third kappa shape index (κ3) is 4.70. The predicted molar refractivity (Wildman–Crippen MR) is 109 cm³/mol. The zero-order valence-electron chi connectivity index (χ0n) is 15.0. The van der Waals surface area contributed by atoms with Gasteiger partial charge in [0.15, 0.2) is 5.78 Å². The van der Waals surface area contributed by atoms with Crippen LogP contribution in [-0.4, -0.2) is 11.7 Å². The van der Waals surface area contributed by atoms with Crippen LogP contribution in [0.4, 0.5) is 11.4 Å². The normalized spacial score (nSPS) is 11.3. The number of carbonyl (C=O) groups excluding carboxylic acids is 2. The molecule has 0 aromatic heterocycles. The molecule has 0 spiro atoms. The summed E-state index contributed by atoms with van der Waals surface area (Å²) in [7, 11) is 0. The van der Waals surface area contributed by atoms with Crippen LogP contribution in [0.5, 0.6) is 0 Å². The Morgan fingerprint density at radius 3 is 1.59 bits per heavy atom. The van der Waals surface area contributed by atoms with Gasteiger partial charge in [-0.2, -0.15) is 0 Å². The Morgan fingerprint density at radius 2 is 1.07 bits per heavy atom. The fourth-order valence-corrected chi connectivity index (χ4v) is 2.69. The van der Waals surface area contributed by atoms with Gasteiger partial charge in [0.2, 0.25) is 0 Å². The fraction of sp³-hybridized carbons (Fsp3) is 0.0435. The number of anilines is 2. The molecule has 0 aliphatic rings. The molecular formula is C23H20N2O2. The van der Waals surface area contributed by atoms with E-state index in [2.05, 4.69) is 10.6 Å². The third-order valence-corrected chi connectivity index (χ3v) is 4.00. The van der Waals surface area contributed by atoms with E-state index in [1.807, 2.05) is 54.6 Å². The average molecular weight is 356 g/mol. The Balaban J connectivity index is 1.96. The molecule has 134 valence electrons. The van der Waals surface area contributed by atoms with Gasteiger partial charge in [-0.1, -0.05) is 66.7 Å². The van der Waals surface area contributed by atoms with E-state index in [9.17, 15) is 9.59 Å². The molecule has 0 heterocycles. The maximum Gasteiger partial charge on any atom is 0.261 e. The lowest BCUT2D eigenvalue weighted by Gasteiger charge is -2.14. The van der Waals surface area contributed by atoms with Crippen LogP contribution >= 0.6 is 0 Å². The molecule has 0 saturated carbocycles. The number of amides is 1. The van der Waals surface area contributed by atoms with Gasteiger partial charge >= 0.3 is 0 Å². The lowest BCUT2D eigenvalue weighted by molar-refractivity contribution is -0.112. The van der Waals surface area contributed by atoms with Gasteiger partial charge in [-0.05, 0) is 31.2 Å². The first-order valence-corrected chi connectivity index (χ1v) is 8.64. The van der Waals surface area contributed by atoms with Crippen LogP contribution in [0, 0.1) is 0 Å². The second kappa shape index (κ2) is 8.63. The molecule has 4 heteroatoms. The molecule has 0 atom stereocenters. The summed E-state index contributed by atoms with van der Waals surface area (Å²) in [5, 5.41) is 5.96. The number of hydrogen-bond acceptors (Lipinski definition) is 3. The summed E-state index contributed by atoms with van der Waals surface area (Å²) in [5.74, 6) is -0.777. The minimum absolute atomic E-state index is 0.0777. The number of ketones is 1. The molecule has 0 aliphatic heterocycles. The number of allylic oxidation sites excluding steroid dienone is 1. The highest BCUT2D eigenvalue weighted by molar-refractivity contribution is 6.29. The van der Waals surface area contributed by atoms with Crippen LogP contribution in [0.2, 0.25) is 0 Å². The minimum atomic E-state index is -0.448. The van der Waals surface area contributed by atoms with E-state index >= 15 is 0 Å². The Morgan fingerprint density at radius 1 is 0.630 bits per heavy atom. The second-order valence-corrected chi connectivity index (χ2v) is 6.01. The molecule has 1 amide bonds. The van der Waals surface area contributed by atoms with Crippen molar-refractivity contribution in [1.82, 2.24) is 0 Å². The Hall–Kier alpha value is -3.66. The zero-order chi connectivity index (χ0) is 19.1. The van der Waals surface area contributed by atoms with Gasteiger partial charge in [0.25, 0.3) is 5.91 Å². The van der Waals surface area contributed by atoms with Crippen molar-refractivity contribution >= 4 is 23.1 Å². The van der Waals surface area contributed by atoms with E-state index < -0.39 is 5.91 Å². The maximum absolute atomic E-state index is 13.0. The van der Waals surface area contributed by atoms with Gasteiger partial charge in [-0.25, -0.2) is 0 Å². The van der Waals surface area contributed by atoms with E-state index in [4.69, 9.17) is 0 Å². The van der Waals surface area contributed by atoms with Crippen molar-refractivity contribution in [2.75, 3.05) is 10.6 Å². The molecule has 0 aliphatic carbocycles. The van der Waals surface area contributed by atoms with Gasteiger partial charge in [0, 0.05) is 22.6 Å². The quantitative estimate of drug-likeness (QED) is 0.286. The third-order valence-electron chi connectivity index (χ3n) is 4.00. The average Bonchev–Trinajstić information content (AvgIpc) is 2.70. The Bertz CT molecular complexity index is 949. The first-order valence-electron chi connectivity index (χ1n) is 8.64. The Kier molecular flexibility index (Phi) is 5.80. The second-order valence-electron chi connectivity index (χ2n) is 6.01. The van der Waals surface area contributed by atoms with Crippen molar-refractivity contribution < 1.29 is 9.59 Å². The monoisotopic (exact) mass is 356 g/mol. The molecule has 0 fully saturated rings. The number of carbonyl (C=O) groups is 2. The van der Waals surface area contributed by atoms with Gasteiger partial charge in [-0.15, -0.1) is 0 Å². The maximum atomic E-state index is 13.0. The smallest absolute Gasteiger partial charge is 0.261 e. The summed E-state index contributed by atoms with van der Waals surface area (Å²) < 4.78 is 0. The number of benzene rings is 3.